The summed E-state index contributed by atoms with van der Waals surface area (Å²) in [4.78, 5) is 10.4. The topological polar surface area (TPSA) is 52.3 Å². The van der Waals surface area contributed by atoms with E-state index in [1.807, 2.05) is 0 Å². The maximum atomic E-state index is 13.1. The molecule has 1 amide bonds. The lowest BCUT2D eigenvalue weighted by molar-refractivity contribution is -0.113. The molecule has 0 unspecified atom stereocenters. The summed E-state index contributed by atoms with van der Waals surface area (Å²) in [5.74, 6) is -0.522. The molecule has 0 saturated heterocycles. The lowest BCUT2D eigenvalue weighted by Crippen LogP contribution is -2.05. The van der Waals surface area contributed by atoms with Gasteiger partial charge in [-0.25, -0.2) is 4.39 Å². The van der Waals surface area contributed by atoms with E-state index in [0.29, 0.717) is 5.75 Å². The molecule has 0 fully saturated rings. The van der Waals surface area contributed by atoms with E-state index < -0.39 is 11.7 Å². The van der Waals surface area contributed by atoms with Crippen molar-refractivity contribution in [1.29, 1.82) is 0 Å². The van der Waals surface area contributed by atoms with E-state index >= 15 is 0 Å². The summed E-state index contributed by atoms with van der Waals surface area (Å²) in [6.07, 6.45) is 2.40. The fraction of sp³-hybridized carbons (Fsp3) is 0.100. The Hall–Kier alpha value is -1.84. The van der Waals surface area contributed by atoms with Crippen LogP contribution in [0.3, 0.4) is 0 Å². The van der Waals surface area contributed by atoms with Crippen molar-refractivity contribution in [3.8, 4) is 5.75 Å². The monoisotopic (exact) mass is 195 g/mol. The zero-order valence-electron chi connectivity index (χ0n) is 7.66. The molecule has 0 saturated carbocycles. The molecule has 0 aliphatic carbocycles. The number of ether oxygens (including phenoxy) is 1. The molecule has 14 heavy (non-hydrogen) atoms. The second-order valence-electron chi connectivity index (χ2n) is 2.62. The van der Waals surface area contributed by atoms with Gasteiger partial charge >= 0.3 is 0 Å². The molecule has 0 heterocycles. The highest BCUT2D eigenvalue weighted by Crippen LogP contribution is 2.17. The Kier molecular flexibility index (Phi) is 3.23. The number of nitrogens with two attached hydrogens (primary N) is 1. The van der Waals surface area contributed by atoms with E-state index in [-0.39, 0.29) is 5.56 Å². The van der Waals surface area contributed by atoms with Gasteiger partial charge in [0.05, 0.1) is 7.11 Å². The Bertz CT molecular complexity index is 374. The molecule has 0 aromatic heterocycles. The number of methoxy groups -OCH3 is 1. The Balaban J connectivity index is 3.00. The highest BCUT2D eigenvalue weighted by Gasteiger charge is 2.00. The average Bonchev–Trinajstić information content (AvgIpc) is 2.16. The first-order chi connectivity index (χ1) is 6.63. The van der Waals surface area contributed by atoms with Gasteiger partial charge < -0.3 is 10.5 Å². The maximum absolute atomic E-state index is 13.1. The van der Waals surface area contributed by atoms with Crippen molar-refractivity contribution >= 4 is 12.0 Å². The summed E-state index contributed by atoms with van der Waals surface area (Å²) in [7, 11) is 1.48. The van der Waals surface area contributed by atoms with Crippen molar-refractivity contribution in [2.24, 2.45) is 5.73 Å². The van der Waals surface area contributed by atoms with E-state index in [0.717, 1.165) is 6.08 Å². The van der Waals surface area contributed by atoms with Gasteiger partial charge in [0.25, 0.3) is 0 Å². The van der Waals surface area contributed by atoms with Gasteiger partial charge in [-0.1, -0.05) is 0 Å². The van der Waals surface area contributed by atoms with E-state index in [1.54, 1.807) is 0 Å². The minimum absolute atomic E-state index is 0.267. The third kappa shape index (κ3) is 2.58. The molecule has 3 nitrogen and oxygen atoms in total. The number of hydrogen-bond donors (Lipinski definition) is 1. The van der Waals surface area contributed by atoms with Crippen LogP contribution in [0.25, 0.3) is 6.08 Å². The Morgan fingerprint density at radius 3 is 2.86 bits per heavy atom. The Morgan fingerprint density at radius 1 is 1.57 bits per heavy atom. The van der Waals surface area contributed by atoms with Crippen molar-refractivity contribution in [2.45, 2.75) is 0 Å². The fourth-order valence-corrected chi connectivity index (χ4v) is 0.948. The predicted octanol–water partition coefficient (Wildman–Crippen LogP) is 1.33. The first-order valence-electron chi connectivity index (χ1n) is 3.94. The van der Waals surface area contributed by atoms with Crippen LogP contribution in [0.2, 0.25) is 0 Å². The van der Waals surface area contributed by atoms with Crippen LogP contribution in [0.4, 0.5) is 4.39 Å². The molecule has 0 radical (unpaired) electrons. The number of rotatable bonds is 3. The zero-order chi connectivity index (χ0) is 10.6. The van der Waals surface area contributed by atoms with Gasteiger partial charge in [-0.05, 0) is 24.3 Å². The first kappa shape index (κ1) is 10.2. The molecule has 0 aliphatic heterocycles. The van der Waals surface area contributed by atoms with Crippen molar-refractivity contribution in [2.75, 3.05) is 7.11 Å². The average molecular weight is 195 g/mol. The van der Waals surface area contributed by atoms with Crippen molar-refractivity contribution in [1.82, 2.24) is 0 Å². The standard InChI is InChI=1S/C10H10FNO2/c1-14-8-3-4-9(11)7(6-8)2-5-10(12)13/h2-6H,1H3,(H2,12,13)/b5-2-. The van der Waals surface area contributed by atoms with Gasteiger partial charge in [-0.3, -0.25) is 4.79 Å². The summed E-state index contributed by atoms with van der Waals surface area (Å²) in [6.45, 7) is 0. The van der Waals surface area contributed by atoms with Gasteiger partial charge in [0, 0.05) is 11.6 Å². The van der Waals surface area contributed by atoms with Crippen LogP contribution in [-0.4, -0.2) is 13.0 Å². The summed E-state index contributed by atoms with van der Waals surface area (Å²) in [5, 5.41) is 0. The number of amides is 1. The normalized spacial score (nSPS) is 10.4. The van der Waals surface area contributed by atoms with E-state index in [9.17, 15) is 9.18 Å². The van der Waals surface area contributed by atoms with E-state index in [4.69, 9.17) is 10.5 Å². The van der Waals surface area contributed by atoms with Gasteiger partial charge in [0.15, 0.2) is 0 Å². The van der Waals surface area contributed by atoms with Crippen LogP contribution >= 0.6 is 0 Å². The van der Waals surface area contributed by atoms with Crippen LogP contribution in [0, 0.1) is 5.82 Å². The largest absolute Gasteiger partial charge is 0.497 e. The van der Waals surface area contributed by atoms with Crippen molar-refractivity contribution in [3.05, 3.63) is 35.7 Å². The molecule has 1 rings (SSSR count). The van der Waals surface area contributed by atoms with Crippen LogP contribution in [0.5, 0.6) is 5.75 Å². The molecular weight excluding hydrogens is 185 g/mol. The number of benzene rings is 1. The first-order valence-corrected chi connectivity index (χ1v) is 3.94. The molecule has 0 atom stereocenters. The minimum Gasteiger partial charge on any atom is -0.497 e. The number of carbonyl (C=O) groups is 1. The highest BCUT2D eigenvalue weighted by atomic mass is 19.1. The van der Waals surface area contributed by atoms with E-state index in [1.165, 1.54) is 31.4 Å². The lowest BCUT2D eigenvalue weighted by atomic mass is 10.2. The van der Waals surface area contributed by atoms with Crippen LogP contribution in [-0.2, 0) is 4.79 Å². The Labute approximate surface area is 81.0 Å². The predicted molar refractivity (Wildman–Crippen MR) is 51.2 cm³/mol. The zero-order valence-corrected chi connectivity index (χ0v) is 7.66. The molecule has 0 aliphatic rings. The molecule has 1 aromatic rings. The molecule has 74 valence electrons. The highest BCUT2D eigenvalue weighted by molar-refractivity contribution is 5.90. The van der Waals surface area contributed by atoms with Gasteiger partial charge in [0.1, 0.15) is 11.6 Å². The van der Waals surface area contributed by atoms with Gasteiger partial charge in [-0.15, -0.1) is 0 Å². The third-order valence-electron chi connectivity index (χ3n) is 1.63. The smallest absolute Gasteiger partial charge is 0.241 e. The lowest BCUT2D eigenvalue weighted by Gasteiger charge is -2.01. The quantitative estimate of drug-likeness (QED) is 0.740. The molecule has 0 bridgehead atoms. The second-order valence-corrected chi connectivity index (χ2v) is 2.62. The Morgan fingerprint density at radius 2 is 2.29 bits per heavy atom. The fourth-order valence-electron chi connectivity index (χ4n) is 0.948. The molecule has 2 N–H and O–H groups in total. The van der Waals surface area contributed by atoms with Crippen LogP contribution in [0.15, 0.2) is 24.3 Å². The van der Waals surface area contributed by atoms with Gasteiger partial charge in [0.2, 0.25) is 5.91 Å². The number of primary amides is 1. The number of halogens is 1. The number of hydrogen-bond acceptors (Lipinski definition) is 2. The third-order valence-corrected chi connectivity index (χ3v) is 1.63. The SMILES string of the molecule is COc1ccc(F)c(/C=C\C(N)=O)c1. The van der Waals surface area contributed by atoms with Crippen LogP contribution < -0.4 is 10.5 Å². The summed E-state index contributed by atoms with van der Waals surface area (Å²) in [6, 6.07) is 4.24. The van der Waals surface area contributed by atoms with E-state index in [2.05, 4.69) is 0 Å². The molecular formula is C10H10FNO2. The molecule has 0 spiro atoms. The van der Waals surface area contributed by atoms with Crippen molar-refractivity contribution in [3.63, 3.8) is 0 Å². The molecule has 1 aromatic carbocycles. The summed E-state index contributed by atoms with van der Waals surface area (Å²) < 4.78 is 18.0. The molecule has 4 heteroatoms. The van der Waals surface area contributed by atoms with Crippen LogP contribution in [0.1, 0.15) is 5.56 Å². The van der Waals surface area contributed by atoms with Crippen molar-refractivity contribution < 1.29 is 13.9 Å². The summed E-state index contributed by atoms with van der Waals surface area (Å²) in [5.41, 5.74) is 5.15. The maximum Gasteiger partial charge on any atom is 0.241 e. The second kappa shape index (κ2) is 4.41. The number of carbonyl (C=O) groups excluding carboxylic acids is 1. The summed E-state index contributed by atoms with van der Waals surface area (Å²) >= 11 is 0. The van der Waals surface area contributed by atoms with Gasteiger partial charge in [-0.2, -0.15) is 0 Å². The minimum atomic E-state index is -0.618.